The lowest BCUT2D eigenvalue weighted by Gasteiger charge is -2.13. The molecule has 4 aromatic rings. The Morgan fingerprint density at radius 3 is 2.16 bits per heavy atom. The summed E-state index contributed by atoms with van der Waals surface area (Å²) in [6, 6.07) is 30.3. The lowest BCUT2D eigenvalue weighted by atomic mass is 9.99. The van der Waals surface area contributed by atoms with Gasteiger partial charge in [-0.25, -0.2) is 4.98 Å². The first kappa shape index (κ1) is 20.3. The van der Waals surface area contributed by atoms with E-state index in [0.29, 0.717) is 21.9 Å². The van der Waals surface area contributed by atoms with Crippen LogP contribution in [0.25, 0.3) is 22.4 Å². The van der Waals surface area contributed by atoms with Gasteiger partial charge in [0.2, 0.25) is 0 Å². The van der Waals surface area contributed by atoms with Crippen LogP contribution in [-0.2, 0) is 5.75 Å². The largest absolute Gasteiger partial charge is 0.273 e. The summed E-state index contributed by atoms with van der Waals surface area (Å²) in [6.07, 6.45) is 0. The monoisotopic (exact) mass is 423 g/mol. The van der Waals surface area contributed by atoms with Gasteiger partial charge in [0.1, 0.15) is 11.1 Å². The van der Waals surface area contributed by atoms with Gasteiger partial charge >= 0.3 is 0 Å². The Hall–Kier alpha value is -3.95. The summed E-state index contributed by atoms with van der Waals surface area (Å²) >= 11 is 1.34. The molecule has 4 rings (SSSR count). The molecule has 0 fully saturated rings. The first-order valence-electron chi connectivity index (χ1n) is 9.58. The van der Waals surface area contributed by atoms with Crippen LogP contribution in [0.2, 0.25) is 0 Å². The smallest absolute Gasteiger partial charge is 0.258 e. The van der Waals surface area contributed by atoms with Crippen molar-refractivity contribution in [3.63, 3.8) is 0 Å². The molecule has 0 aliphatic rings. The normalized spacial score (nSPS) is 10.4. The highest BCUT2D eigenvalue weighted by atomic mass is 32.2. The maximum atomic E-state index is 11.4. The number of rotatable bonds is 6. The van der Waals surface area contributed by atoms with E-state index >= 15 is 0 Å². The van der Waals surface area contributed by atoms with Gasteiger partial charge in [-0.3, -0.25) is 10.1 Å². The molecule has 6 heteroatoms. The molecule has 0 aliphatic carbocycles. The molecule has 1 aromatic heterocycles. The molecule has 0 saturated heterocycles. The SMILES string of the molecule is N#Cc1c(-c2ccccc2)cc(-c2ccccc2)nc1SCc1ccccc1[N+](=O)[O-]. The zero-order valence-corrected chi connectivity index (χ0v) is 17.3. The van der Waals surface area contributed by atoms with Crippen molar-refractivity contribution < 1.29 is 4.92 Å². The lowest BCUT2D eigenvalue weighted by molar-refractivity contribution is -0.385. The number of thioether (sulfide) groups is 1. The summed E-state index contributed by atoms with van der Waals surface area (Å²) in [7, 11) is 0. The van der Waals surface area contributed by atoms with Crippen LogP contribution < -0.4 is 0 Å². The van der Waals surface area contributed by atoms with Crippen molar-refractivity contribution in [1.29, 1.82) is 5.26 Å². The number of hydrogen-bond donors (Lipinski definition) is 0. The summed E-state index contributed by atoms with van der Waals surface area (Å²) in [5.74, 6) is 0.339. The van der Waals surface area contributed by atoms with Gasteiger partial charge < -0.3 is 0 Å². The molecule has 0 N–H and O–H groups in total. The van der Waals surface area contributed by atoms with E-state index in [1.165, 1.54) is 17.8 Å². The number of pyridine rings is 1. The van der Waals surface area contributed by atoms with Crippen LogP contribution in [0.15, 0.2) is 96.0 Å². The summed E-state index contributed by atoms with van der Waals surface area (Å²) in [4.78, 5) is 15.7. The van der Waals surface area contributed by atoms with Crippen molar-refractivity contribution in [3.05, 3.63) is 112 Å². The quantitative estimate of drug-likeness (QED) is 0.201. The van der Waals surface area contributed by atoms with Gasteiger partial charge in [-0.1, -0.05) is 78.9 Å². The number of nitro benzene ring substituents is 1. The number of nitrogens with zero attached hydrogens (tertiary/aromatic N) is 3. The van der Waals surface area contributed by atoms with Gasteiger partial charge in [-0.2, -0.15) is 5.26 Å². The molecular formula is C25H17N3O2S. The van der Waals surface area contributed by atoms with Gasteiger partial charge in [0.05, 0.1) is 16.2 Å². The standard InChI is InChI=1S/C25H17N3O2S/c26-16-22-21(18-9-3-1-4-10-18)15-23(19-11-5-2-6-12-19)27-25(22)31-17-20-13-7-8-14-24(20)28(29)30/h1-15H,17H2. The maximum absolute atomic E-state index is 11.4. The molecule has 0 amide bonds. The fourth-order valence-corrected chi connectivity index (χ4v) is 4.29. The van der Waals surface area contributed by atoms with E-state index in [2.05, 4.69) is 6.07 Å². The van der Waals surface area contributed by atoms with Crippen molar-refractivity contribution >= 4 is 17.4 Å². The molecule has 0 saturated carbocycles. The van der Waals surface area contributed by atoms with E-state index < -0.39 is 0 Å². The van der Waals surface area contributed by atoms with Crippen LogP contribution >= 0.6 is 11.8 Å². The minimum atomic E-state index is -0.385. The second-order valence-electron chi connectivity index (χ2n) is 6.75. The summed E-state index contributed by atoms with van der Waals surface area (Å²) < 4.78 is 0. The Labute approximate surface area is 184 Å². The van der Waals surface area contributed by atoms with Crippen molar-refractivity contribution in [1.82, 2.24) is 4.98 Å². The molecule has 0 radical (unpaired) electrons. The number of para-hydroxylation sites is 1. The van der Waals surface area contributed by atoms with E-state index in [0.717, 1.165) is 22.4 Å². The fourth-order valence-electron chi connectivity index (χ4n) is 3.29. The second-order valence-corrected chi connectivity index (χ2v) is 7.72. The number of benzene rings is 3. The van der Waals surface area contributed by atoms with E-state index in [4.69, 9.17) is 4.98 Å². The third-order valence-electron chi connectivity index (χ3n) is 4.81. The van der Waals surface area contributed by atoms with Crippen LogP contribution in [0.1, 0.15) is 11.1 Å². The van der Waals surface area contributed by atoms with Gasteiger partial charge in [0.25, 0.3) is 5.69 Å². The van der Waals surface area contributed by atoms with E-state index in [1.54, 1.807) is 18.2 Å². The molecule has 0 spiro atoms. The Kier molecular flexibility index (Phi) is 6.06. The predicted molar refractivity (Wildman–Crippen MR) is 122 cm³/mol. The fraction of sp³-hybridized carbons (Fsp3) is 0.0400. The zero-order chi connectivity index (χ0) is 21.6. The van der Waals surface area contributed by atoms with Crippen molar-refractivity contribution in [3.8, 4) is 28.5 Å². The van der Waals surface area contributed by atoms with E-state index in [-0.39, 0.29) is 10.6 Å². The van der Waals surface area contributed by atoms with Gasteiger partial charge in [0.15, 0.2) is 0 Å². The minimum absolute atomic E-state index is 0.0657. The zero-order valence-electron chi connectivity index (χ0n) is 16.4. The summed E-state index contributed by atoms with van der Waals surface area (Å²) in [6.45, 7) is 0. The van der Waals surface area contributed by atoms with Crippen LogP contribution in [0, 0.1) is 21.4 Å². The summed E-state index contributed by atoms with van der Waals surface area (Å²) in [5.41, 5.74) is 4.54. The molecule has 5 nitrogen and oxygen atoms in total. The molecule has 31 heavy (non-hydrogen) atoms. The Bertz CT molecular complexity index is 1270. The first-order valence-corrected chi connectivity index (χ1v) is 10.6. The highest BCUT2D eigenvalue weighted by Crippen LogP contribution is 2.36. The molecule has 150 valence electrons. The first-order chi connectivity index (χ1) is 15.2. The third-order valence-corrected chi connectivity index (χ3v) is 5.83. The van der Waals surface area contributed by atoms with Crippen LogP contribution in [0.4, 0.5) is 5.69 Å². The average molecular weight is 423 g/mol. The number of nitriles is 1. The molecule has 0 bridgehead atoms. The summed E-state index contributed by atoms with van der Waals surface area (Å²) in [5, 5.41) is 21.9. The van der Waals surface area contributed by atoms with Crippen LogP contribution in [-0.4, -0.2) is 9.91 Å². The Morgan fingerprint density at radius 2 is 1.52 bits per heavy atom. The molecule has 1 heterocycles. The van der Waals surface area contributed by atoms with Crippen molar-refractivity contribution in [2.24, 2.45) is 0 Å². The third kappa shape index (κ3) is 4.47. The molecule has 0 unspecified atom stereocenters. The van der Waals surface area contributed by atoms with Crippen molar-refractivity contribution in [2.45, 2.75) is 10.8 Å². The molecule has 0 aliphatic heterocycles. The van der Waals surface area contributed by atoms with Crippen molar-refractivity contribution in [2.75, 3.05) is 0 Å². The highest BCUT2D eigenvalue weighted by Gasteiger charge is 2.18. The molecular weight excluding hydrogens is 406 g/mol. The average Bonchev–Trinajstić information content (AvgIpc) is 2.83. The lowest BCUT2D eigenvalue weighted by Crippen LogP contribution is -1.97. The van der Waals surface area contributed by atoms with Crippen LogP contribution in [0.3, 0.4) is 0 Å². The number of nitro groups is 1. The van der Waals surface area contributed by atoms with E-state index in [9.17, 15) is 15.4 Å². The van der Waals surface area contributed by atoms with Crippen LogP contribution in [0.5, 0.6) is 0 Å². The van der Waals surface area contributed by atoms with Gasteiger partial charge in [0, 0.05) is 28.5 Å². The Morgan fingerprint density at radius 1 is 0.903 bits per heavy atom. The van der Waals surface area contributed by atoms with Gasteiger partial charge in [-0.05, 0) is 11.6 Å². The Balaban J connectivity index is 1.81. The minimum Gasteiger partial charge on any atom is -0.258 e. The predicted octanol–water partition coefficient (Wildman–Crippen LogP) is 6.49. The topological polar surface area (TPSA) is 79.8 Å². The number of hydrogen-bond acceptors (Lipinski definition) is 5. The molecule has 0 atom stereocenters. The second kappa shape index (κ2) is 9.24. The van der Waals surface area contributed by atoms with Gasteiger partial charge in [-0.15, -0.1) is 11.8 Å². The maximum Gasteiger partial charge on any atom is 0.273 e. The number of aromatic nitrogens is 1. The highest BCUT2D eigenvalue weighted by molar-refractivity contribution is 7.98. The van der Waals surface area contributed by atoms with E-state index in [1.807, 2.05) is 66.7 Å². The molecule has 3 aromatic carbocycles.